The summed E-state index contributed by atoms with van der Waals surface area (Å²) in [4.78, 5) is 4.92. The lowest BCUT2D eigenvalue weighted by Crippen LogP contribution is -2.61. The molecule has 0 bridgehead atoms. The van der Waals surface area contributed by atoms with Crippen LogP contribution in [0.1, 0.15) is 37.7 Å². The number of nitrogens with one attached hydrogen (secondary N) is 1. The molecule has 24 heavy (non-hydrogen) atoms. The Kier molecular flexibility index (Phi) is 4.22. The summed E-state index contributed by atoms with van der Waals surface area (Å²) in [5.74, 6) is 1.07. The quantitative estimate of drug-likeness (QED) is 0.658. The standard InChI is InChI=1S/C19H27N3O2/c1-23-12-13-6-2-3-7-15(13)21-18(20)22-16-14-8-11-24-17(14)19(16)9-4-5-10-19/h2-3,6-7,14,16-17H,4-5,8-12H2,1H3,(H3,20,21,22). The van der Waals surface area contributed by atoms with Crippen LogP contribution in [-0.2, 0) is 16.1 Å². The van der Waals surface area contributed by atoms with Crippen LogP contribution in [0.5, 0.6) is 0 Å². The Morgan fingerprint density at radius 3 is 2.96 bits per heavy atom. The molecule has 2 aliphatic carbocycles. The number of nitrogens with zero attached hydrogens (tertiary/aromatic N) is 1. The van der Waals surface area contributed by atoms with Crippen LogP contribution in [0.2, 0.25) is 0 Å². The molecule has 5 nitrogen and oxygen atoms in total. The van der Waals surface area contributed by atoms with Crippen molar-refractivity contribution in [3.63, 3.8) is 0 Å². The minimum atomic E-state index is 0.250. The van der Waals surface area contributed by atoms with Gasteiger partial charge < -0.3 is 20.5 Å². The van der Waals surface area contributed by atoms with Gasteiger partial charge in [0.25, 0.3) is 0 Å². The van der Waals surface area contributed by atoms with Crippen LogP contribution in [0.4, 0.5) is 5.69 Å². The maximum Gasteiger partial charge on any atom is 0.193 e. The molecule has 3 atom stereocenters. The van der Waals surface area contributed by atoms with Gasteiger partial charge in [-0.05, 0) is 25.3 Å². The van der Waals surface area contributed by atoms with E-state index in [2.05, 4.69) is 5.32 Å². The van der Waals surface area contributed by atoms with Gasteiger partial charge in [0.2, 0.25) is 0 Å². The minimum Gasteiger partial charge on any atom is -0.380 e. The molecule has 3 N–H and O–H groups in total. The van der Waals surface area contributed by atoms with Gasteiger partial charge in [0.05, 0.1) is 18.8 Å². The monoisotopic (exact) mass is 329 g/mol. The van der Waals surface area contributed by atoms with Crippen molar-refractivity contribution in [3.8, 4) is 0 Å². The van der Waals surface area contributed by atoms with Gasteiger partial charge in [-0.1, -0.05) is 31.0 Å². The summed E-state index contributed by atoms with van der Waals surface area (Å²) in [7, 11) is 1.70. The summed E-state index contributed by atoms with van der Waals surface area (Å²) >= 11 is 0. The van der Waals surface area contributed by atoms with Crippen LogP contribution in [0.25, 0.3) is 0 Å². The molecule has 3 aliphatic rings. The third kappa shape index (κ3) is 2.50. The molecule has 130 valence electrons. The predicted octanol–water partition coefficient (Wildman–Crippen LogP) is 2.91. The first-order chi connectivity index (χ1) is 11.7. The topological polar surface area (TPSA) is 68.9 Å². The molecule has 0 amide bonds. The van der Waals surface area contributed by atoms with Gasteiger partial charge in [-0.3, -0.25) is 0 Å². The maximum atomic E-state index is 6.27. The van der Waals surface area contributed by atoms with Crippen LogP contribution in [0.15, 0.2) is 29.3 Å². The fraction of sp³-hybridized carbons (Fsp3) is 0.632. The zero-order valence-electron chi connectivity index (χ0n) is 14.3. The second-order valence-corrected chi connectivity index (χ2v) is 7.36. The summed E-state index contributed by atoms with van der Waals surface area (Å²) in [6, 6.07) is 8.38. The van der Waals surface area contributed by atoms with E-state index < -0.39 is 0 Å². The summed E-state index contributed by atoms with van der Waals surface area (Å²) in [5, 5.41) is 3.29. The van der Waals surface area contributed by atoms with Gasteiger partial charge in [0.1, 0.15) is 0 Å². The Morgan fingerprint density at radius 1 is 1.38 bits per heavy atom. The fourth-order valence-electron chi connectivity index (χ4n) is 5.08. The number of ether oxygens (including phenoxy) is 2. The number of aliphatic imine (C=N–C) groups is 1. The number of para-hydroxylation sites is 1. The molecule has 5 heteroatoms. The van der Waals surface area contributed by atoms with Crippen molar-refractivity contribution in [2.75, 3.05) is 19.0 Å². The van der Waals surface area contributed by atoms with Crippen molar-refractivity contribution in [2.24, 2.45) is 22.1 Å². The van der Waals surface area contributed by atoms with E-state index in [1.54, 1.807) is 7.11 Å². The Balaban J connectivity index is 1.53. The maximum absolute atomic E-state index is 6.27. The van der Waals surface area contributed by atoms with Crippen LogP contribution in [-0.4, -0.2) is 31.8 Å². The number of hydrogen-bond acceptors (Lipinski definition) is 3. The van der Waals surface area contributed by atoms with Gasteiger partial charge in [0.15, 0.2) is 5.96 Å². The molecule has 1 saturated heterocycles. The van der Waals surface area contributed by atoms with E-state index in [1.165, 1.54) is 25.7 Å². The number of fused-ring (bicyclic) bond motifs is 2. The highest BCUT2D eigenvalue weighted by Gasteiger charge is 2.65. The van der Waals surface area contributed by atoms with Gasteiger partial charge in [-0.2, -0.15) is 0 Å². The van der Waals surface area contributed by atoms with E-state index in [-0.39, 0.29) is 5.41 Å². The fourth-order valence-corrected chi connectivity index (χ4v) is 5.08. The molecule has 1 aliphatic heterocycles. The first-order valence-corrected chi connectivity index (χ1v) is 9.03. The average Bonchev–Trinajstić information content (AvgIpc) is 3.23. The number of rotatable bonds is 4. The molecule has 0 radical (unpaired) electrons. The number of methoxy groups -OCH3 is 1. The first kappa shape index (κ1) is 15.9. The molecular formula is C19H27N3O2. The number of benzene rings is 1. The summed E-state index contributed by atoms with van der Waals surface area (Å²) in [6.07, 6.45) is 6.59. The van der Waals surface area contributed by atoms with E-state index in [0.717, 1.165) is 24.3 Å². The molecule has 2 saturated carbocycles. The zero-order chi connectivity index (χ0) is 16.6. The van der Waals surface area contributed by atoms with Crippen LogP contribution in [0.3, 0.4) is 0 Å². The largest absolute Gasteiger partial charge is 0.380 e. The molecule has 1 spiro atoms. The Morgan fingerprint density at radius 2 is 2.17 bits per heavy atom. The van der Waals surface area contributed by atoms with Gasteiger partial charge in [-0.25, -0.2) is 4.99 Å². The van der Waals surface area contributed by atoms with Gasteiger partial charge in [-0.15, -0.1) is 0 Å². The molecule has 0 aromatic heterocycles. The first-order valence-electron chi connectivity index (χ1n) is 9.03. The molecular weight excluding hydrogens is 302 g/mol. The molecule has 3 fully saturated rings. The second kappa shape index (κ2) is 6.37. The van der Waals surface area contributed by atoms with Crippen molar-refractivity contribution in [1.29, 1.82) is 0 Å². The molecule has 3 unspecified atom stereocenters. The molecule has 1 aromatic rings. The van der Waals surface area contributed by atoms with E-state index in [0.29, 0.717) is 30.6 Å². The summed E-state index contributed by atoms with van der Waals surface area (Å²) < 4.78 is 11.3. The van der Waals surface area contributed by atoms with Crippen LogP contribution < -0.4 is 11.1 Å². The average molecular weight is 329 g/mol. The SMILES string of the molecule is COCc1ccccc1NC(N)=NC1C2CCOC2C12CCCC2. The normalized spacial score (nSPS) is 31.0. The highest BCUT2D eigenvalue weighted by molar-refractivity contribution is 5.93. The second-order valence-electron chi connectivity index (χ2n) is 7.36. The van der Waals surface area contributed by atoms with Crippen molar-refractivity contribution >= 4 is 11.6 Å². The molecule has 4 rings (SSSR count). The number of anilines is 1. The minimum absolute atomic E-state index is 0.250. The van der Waals surface area contributed by atoms with Gasteiger partial charge in [0, 0.05) is 36.3 Å². The lowest BCUT2D eigenvalue weighted by Gasteiger charge is -2.54. The summed E-state index contributed by atoms with van der Waals surface area (Å²) in [5.41, 5.74) is 8.58. The van der Waals surface area contributed by atoms with Crippen molar-refractivity contribution in [3.05, 3.63) is 29.8 Å². The molecule has 1 aromatic carbocycles. The van der Waals surface area contributed by atoms with Crippen molar-refractivity contribution in [2.45, 2.75) is 50.9 Å². The van der Waals surface area contributed by atoms with Crippen molar-refractivity contribution in [1.82, 2.24) is 0 Å². The van der Waals surface area contributed by atoms with E-state index >= 15 is 0 Å². The highest BCUT2D eigenvalue weighted by atomic mass is 16.5. The van der Waals surface area contributed by atoms with Crippen molar-refractivity contribution < 1.29 is 9.47 Å². The van der Waals surface area contributed by atoms with Gasteiger partial charge >= 0.3 is 0 Å². The van der Waals surface area contributed by atoms with Crippen LogP contribution >= 0.6 is 0 Å². The number of guanidine groups is 1. The van der Waals surface area contributed by atoms with E-state index in [1.807, 2.05) is 24.3 Å². The zero-order valence-corrected chi connectivity index (χ0v) is 14.3. The third-order valence-corrected chi connectivity index (χ3v) is 6.09. The number of nitrogens with two attached hydrogens (primary N) is 1. The lowest BCUT2D eigenvalue weighted by molar-refractivity contribution is -0.117. The van der Waals surface area contributed by atoms with E-state index in [9.17, 15) is 0 Å². The third-order valence-electron chi connectivity index (χ3n) is 6.09. The Labute approximate surface area is 143 Å². The smallest absolute Gasteiger partial charge is 0.193 e. The predicted molar refractivity (Wildman–Crippen MR) is 94.9 cm³/mol. The highest BCUT2D eigenvalue weighted by Crippen LogP contribution is 2.62. The van der Waals surface area contributed by atoms with Crippen LogP contribution in [0, 0.1) is 11.3 Å². The Hall–Kier alpha value is -1.59. The molecule has 1 heterocycles. The summed E-state index contributed by atoms with van der Waals surface area (Å²) in [6.45, 7) is 1.44. The Bertz CT molecular complexity index is 625. The van der Waals surface area contributed by atoms with E-state index in [4.69, 9.17) is 20.2 Å². The lowest BCUT2D eigenvalue weighted by atomic mass is 9.54. The number of hydrogen-bond donors (Lipinski definition) is 2.